The molecular formula is C28H31N3O4. The number of nitrogens with one attached hydrogen (secondary N) is 1. The average Bonchev–Trinajstić information content (AvgIpc) is 3.35. The van der Waals surface area contributed by atoms with Gasteiger partial charge in [-0.25, -0.2) is 0 Å². The second-order valence-electron chi connectivity index (χ2n) is 9.26. The lowest BCUT2D eigenvalue weighted by Gasteiger charge is -2.31. The molecule has 5 rings (SSSR count). The maximum atomic E-state index is 12.4. The van der Waals surface area contributed by atoms with E-state index in [1.807, 2.05) is 48.5 Å². The van der Waals surface area contributed by atoms with Crippen LogP contribution in [0.2, 0.25) is 0 Å². The third-order valence-corrected chi connectivity index (χ3v) is 6.45. The van der Waals surface area contributed by atoms with Gasteiger partial charge in [-0.1, -0.05) is 25.1 Å². The van der Waals surface area contributed by atoms with Crippen molar-refractivity contribution < 1.29 is 19.0 Å². The van der Waals surface area contributed by atoms with Crippen LogP contribution >= 0.6 is 0 Å². The molecule has 7 heteroatoms. The van der Waals surface area contributed by atoms with E-state index in [1.54, 1.807) is 6.20 Å². The lowest BCUT2D eigenvalue weighted by Crippen LogP contribution is -2.34. The van der Waals surface area contributed by atoms with Crippen molar-refractivity contribution in [3.63, 3.8) is 0 Å². The summed E-state index contributed by atoms with van der Waals surface area (Å²) in [5.41, 5.74) is 4.03. The number of hydrogen-bond donors (Lipinski definition) is 1. The van der Waals surface area contributed by atoms with E-state index >= 15 is 0 Å². The van der Waals surface area contributed by atoms with E-state index in [9.17, 15) is 4.79 Å². The molecule has 1 atom stereocenters. The van der Waals surface area contributed by atoms with Gasteiger partial charge in [0.2, 0.25) is 6.79 Å². The summed E-state index contributed by atoms with van der Waals surface area (Å²) < 4.78 is 17.0. The largest absolute Gasteiger partial charge is 0.483 e. The topological polar surface area (TPSA) is 72.9 Å². The van der Waals surface area contributed by atoms with Crippen molar-refractivity contribution >= 4 is 5.91 Å². The minimum atomic E-state index is -0.173. The van der Waals surface area contributed by atoms with E-state index in [-0.39, 0.29) is 19.3 Å². The Morgan fingerprint density at radius 3 is 2.83 bits per heavy atom. The number of likely N-dealkylation sites (tertiary alicyclic amines) is 1. The van der Waals surface area contributed by atoms with Gasteiger partial charge in [0.05, 0.1) is 12.2 Å². The Bertz CT molecular complexity index is 1170. The summed E-state index contributed by atoms with van der Waals surface area (Å²) >= 11 is 0. The zero-order valence-electron chi connectivity index (χ0n) is 20.0. The molecule has 1 unspecified atom stereocenters. The molecule has 0 radical (unpaired) electrons. The van der Waals surface area contributed by atoms with E-state index < -0.39 is 0 Å². The minimum absolute atomic E-state index is 0.0421. The lowest BCUT2D eigenvalue weighted by atomic mass is 9.98. The highest BCUT2D eigenvalue weighted by atomic mass is 16.7. The van der Waals surface area contributed by atoms with Gasteiger partial charge >= 0.3 is 0 Å². The number of pyridine rings is 1. The van der Waals surface area contributed by atoms with E-state index in [0.29, 0.717) is 12.5 Å². The molecule has 1 aromatic heterocycles. The molecule has 2 aliphatic heterocycles. The molecular weight excluding hydrogens is 442 g/mol. The van der Waals surface area contributed by atoms with Crippen LogP contribution in [0.25, 0.3) is 11.1 Å². The van der Waals surface area contributed by atoms with Crippen molar-refractivity contribution in [1.82, 2.24) is 15.2 Å². The van der Waals surface area contributed by atoms with Gasteiger partial charge in [0.15, 0.2) is 18.1 Å². The SMILES string of the molecule is CC1CCCN(Cc2cc(-c3ccc4c(c3)OCO4)ccc2OCC(=O)NCc2ccccn2)C1. The van der Waals surface area contributed by atoms with Crippen molar-refractivity contribution in [3.8, 4) is 28.4 Å². The summed E-state index contributed by atoms with van der Waals surface area (Å²) in [7, 11) is 0. The van der Waals surface area contributed by atoms with Crippen LogP contribution in [0.5, 0.6) is 17.2 Å². The Balaban J connectivity index is 1.31. The van der Waals surface area contributed by atoms with Gasteiger partial charge in [0.1, 0.15) is 5.75 Å². The van der Waals surface area contributed by atoms with Crippen LogP contribution < -0.4 is 19.5 Å². The van der Waals surface area contributed by atoms with Crippen LogP contribution in [-0.4, -0.2) is 42.3 Å². The highest BCUT2D eigenvalue weighted by molar-refractivity contribution is 5.77. The number of carbonyl (C=O) groups is 1. The Labute approximate surface area is 206 Å². The third kappa shape index (κ3) is 5.92. The van der Waals surface area contributed by atoms with Crippen molar-refractivity contribution in [2.75, 3.05) is 26.5 Å². The first kappa shape index (κ1) is 23.2. The quantitative estimate of drug-likeness (QED) is 0.523. The Kier molecular flexibility index (Phi) is 7.14. The molecule has 0 aliphatic carbocycles. The van der Waals surface area contributed by atoms with Crippen molar-refractivity contribution in [3.05, 3.63) is 72.1 Å². The van der Waals surface area contributed by atoms with Gasteiger partial charge in [-0.15, -0.1) is 0 Å². The van der Waals surface area contributed by atoms with Gasteiger partial charge in [-0.2, -0.15) is 0 Å². The van der Waals surface area contributed by atoms with E-state index in [1.165, 1.54) is 12.8 Å². The summed E-state index contributed by atoms with van der Waals surface area (Å²) in [6.45, 7) is 5.82. The van der Waals surface area contributed by atoms with Crippen molar-refractivity contribution in [1.29, 1.82) is 0 Å². The Morgan fingerprint density at radius 2 is 1.97 bits per heavy atom. The Morgan fingerprint density at radius 1 is 1.11 bits per heavy atom. The number of rotatable bonds is 8. The summed E-state index contributed by atoms with van der Waals surface area (Å²) in [5.74, 6) is 2.78. The molecule has 1 saturated heterocycles. The molecule has 1 amide bonds. The van der Waals surface area contributed by atoms with Crippen LogP contribution in [0.1, 0.15) is 31.0 Å². The Hall–Kier alpha value is -3.58. The second-order valence-corrected chi connectivity index (χ2v) is 9.26. The molecule has 35 heavy (non-hydrogen) atoms. The number of ether oxygens (including phenoxy) is 3. The standard InChI is InChI=1S/C28H31N3O4/c1-20-5-4-12-31(16-20)17-23-13-21(22-8-10-26-27(14-22)35-19-34-26)7-9-25(23)33-18-28(32)30-15-24-6-2-3-11-29-24/h2-3,6-11,13-14,20H,4-5,12,15-19H2,1H3,(H,30,32). The number of carbonyl (C=O) groups excluding carboxylic acids is 1. The predicted octanol–water partition coefficient (Wildman–Crippen LogP) is 4.40. The van der Waals surface area contributed by atoms with Gasteiger partial charge < -0.3 is 19.5 Å². The minimum Gasteiger partial charge on any atom is -0.483 e. The number of nitrogens with zero attached hydrogens (tertiary/aromatic N) is 2. The first-order valence-electron chi connectivity index (χ1n) is 12.2. The van der Waals surface area contributed by atoms with Crippen molar-refractivity contribution in [2.24, 2.45) is 5.92 Å². The van der Waals surface area contributed by atoms with Crippen LogP contribution in [0.15, 0.2) is 60.8 Å². The highest BCUT2D eigenvalue weighted by Crippen LogP contribution is 2.37. The van der Waals surface area contributed by atoms with Crippen LogP contribution in [0, 0.1) is 5.92 Å². The predicted molar refractivity (Wildman–Crippen MR) is 133 cm³/mol. The maximum Gasteiger partial charge on any atom is 0.258 e. The summed E-state index contributed by atoms with van der Waals surface area (Å²) in [5, 5.41) is 2.87. The van der Waals surface area contributed by atoms with Gasteiger partial charge in [-0.05, 0) is 72.8 Å². The number of benzene rings is 2. The first-order valence-corrected chi connectivity index (χ1v) is 12.2. The molecule has 0 spiro atoms. The molecule has 2 aliphatic rings. The molecule has 3 aromatic rings. The normalized spacial score (nSPS) is 17.2. The molecule has 1 N–H and O–H groups in total. The van der Waals surface area contributed by atoms with E-state index in [0.717, 1.165) is 59.3 Å². The van der Waals surface area contributed by atoms with Gasteiger partial charge in [0.25, 0.3) is 5.91 Å². The smallest absolute Gasteiger partial charge is 0.258 e. The summed E-state index contributed by atoms with van der Waals surface area (Å²) in [6.07, 6.45) is 4.19. The van der Waals surface area contributed by atoms with Gasteiger partial charge in [-0.3, -0.25) is 14.7 Å². The number of piperidine rings is 1. The molecule has 0 saturated carbocycles. The number of hydrogen-bond acceptors (Lipinski definition) is 6. The van der Waals surface area contributed by atoms with Crippen molar-refractivity contribution in [2.45, 2.75) is 32.9 Å². The fourth-order valence-electron chi connectivity index (χ4n) is 4.66. The molecule has 2 aromatic carbocycles. The lowest BCUT2D eigenvalue weighted by molar-refractivity contribution is -0.123. The zero-order valence-corrected chi connectivity index (χ0v) is 20.0. The zero-order chi connectivity index (χ0) is 24.0. The third-order valence-electron chi connectivity index (χ3n) is 6.45. The molecule has 0 bridgehead atoms. The maximum absolute atomic E-state index is 12.4. The van der Waals surface area contributed by atoms with E-state index in [4.69, 9.17) is 14.2 Å². The van der Waals surface area contributed by atoms with Crippen LogP contribution in [0.4, 0.5) is 0 Å². The average molecular weight is 474 g/mol. The van der Waals surface area contributed by atoms with Gasteiger partial charge in [0, 0.05) is 24.8 Å². The van der Waals surface area contributed by atoms with Crippen LogP contribution in [-0.2, 0) is 17.9 Å². The fourth-order valence-corrected chi connectivity index (χ4v) is 4.66. The second kappa shape index (κ2) is 10.8. The number of amides is 1. The highest BCUT2D eigenvalue weighted by Gasteiger charge is 2.20. The molecule has 3 heterocycles. The number of fused-ring (bicyclic) bond motifs is 1. The van der Waals surface area contributed by atoms with Crippen LogP contribution in [0.3, 0.4) is 0 Å². The summed E-state index contributed by atoms with van der Waals surface area (Å²) in [4.78, 5) is 19.1. The first-order chi connectivity index (χ1) is 17.1. The molecule has 182 valence electrons. The monoisotopic (exact) mass is 473 g/mol. The fraction of sp³-hybridized carbons (Fsp3) is 0.357. The molecule has 7 nitrogen and oxygen atoms in total. The molecule has 1 fully saturated rings. The number of aromatic nitrogens is 1. The van der Waals surface area contributed by atoms with E-state index in [2.05, 4.69) is 28.2 Å². The summed E-state index contributed by atoms with van der Waals surface area (Å²) in [6, 6.07) is 17.8.